The molecular formula is C26H27FN6O. The van der Waals surface area contributed by atoms with E-state index in [-0.39, 0.29) is 12.2 Å². The first-order valence-corrected chi connectivity index (χ1v) is 11.4. The largest absolute Gasteiger partial charge is 0.392 e. The Morgan fingerprint density at radius 1 is 0.941 bits per heavy atom. The fraction of sp³-hybridized carbons (Fsp3) is 0.269. The van der Waals surface area contributed by atoms with Crippen LogP contribution in [-0.4, -0.2) is 55.9 Å². The number of aliphatic hydroxyl groups excluding tert-OH is 1. The summed E-state index contributed by atoms with van der Waals surface area (Å²) in [4.78, 5) is 13.7. The summed E-state index contributed by atoms with van der Waals surface area (Å²) in [6, 6.07) is 14.9. The summed E-state index contributed by atoms with van der Waals surface area (Å²) in [5.74, 6) is 0.319. The monoisotopic (exact) mass is 458 g/mol. The molecule has 3 heterocycles. The highest BCUT2D eigenvalue weighted by molar-refractivity contribution is 5.72. The third-order valence-corrected chi connectivity index (χ3v) is 6.26. The van der Waals surface area contributed by atoms with Gasteiger partial charge in [0.15, 0.2) is 5.82 Å². The Labute approximate surface area is 198 Å². The van der Waals surface area contributed by atoms with Crippen LogP contribution in [0, 0.1) is 12.7 Å². The topological polar surface area (TPSA) is 70.3 Å². The second kappa shape index (κ2) is 9.70. The van der Waals surface area contributed by atoms with Gasteiger partial charge < -0.3 is 10.0 Å². The van der Waals surface area contributed by atoms with Crippen molar-refractivity contribution in [2.24, 2.45) is 0 Å². The molecule has 1 saturated heterocycles. The third kappa shape index (κ3) is 4.55. The second-order valence-corrected chi connectivity index (χ2v) is 8.48. The molecule has 34 heavy (non-hydrogen) atoms. The van der Waals surface area contributed by atoms with Gasteiger partial charge in [-0.15, -0.1) is 0 Å². The van der Waals surface area contributed by atoms with Crippen LogP contribution in [0.3, 0.4) is 0 Å². The van der Waals surface area contributed by atoms with Crippen LogP contribution in [0.5, 0.6) is 0 Å². The molecule has 2 aromatic heterocycles. The minimum absolute atomic E-state index is 0.272. The normalized spacial score (nSPS) is 14.5. The number of aryl methyl sites for hydroxylation is 1. The second-order valence-electron chi connectivity index (χ2n) is 8.48. The standard InChI is InChI=1S/C26H27FN6O/c1-19-22(17-33(30-19)23-5-3-2-4-6-23)16-31-11-13-32(14-12-31)26-25(28-9-10-29-26)20-7-8-21(18-34)24(27)15-20/h2-10,15,17,34H,11-14,16,18H2,1H3. The average molecular weight is 459 g/mol. The van der Waals surface area contributed by atoms with E-state index in [4.69, 9.17) is 0 Å². The maximum atomic E-state index is 14.3. The molecule has 0 radical (unpaired) electrons. The number of aliphatic hydroxyl groups is 1. The molecule has 1 fully saturated rings. The Hall–Kier alpha value is -3.62. The van der Waals surface area contributed by atoms with Crippen LogP contribution in [0.1, 0.15) is 16.8 Å². The third-order valence-electron chi connectivity index (χ3n) is 6.26. The molecule has 2 aromatic carbocycles. The number of benzene rings is 2. The number of halogens is 1. The van der Waals surface area contributed by atoms with Crippen molar-refractivity contribution in [1.29, 1.82) is 0 Å². The fourth-order valence-corrected chi connectivity index (χ4v) is 4.31. The van der Waals surface area contributed by atoms with Crippen molar-refractivity contribution in [2.75, 3.05) is 31.1 Å². The van der Waals surface area contributed by atoms with Gasteiger partial charge in [-0.2, -0.15) is 5.10 Å². The minimum atomic E-state index is -0.437. The van der Waals surface area contributed by atoms with Gasteiger partial charge in [0, 0.05) is 68.0 Å². The predicted molar refractivity (Wildman–Crippen MR) is 129 cm³/mol. The van der Waals surface area contributed by atoms with E-state index < -0.39 is 5.82 Å². The molecule has 0 bridgehead atoms. The van der Waals surface area contributed by atoms with Crippen LogP contribution >= 0.6 is 0 Å². The maximum Gasteiger partial charge on any atom is 0.155 e. The number of rotatable bonds is 6. The van der Waals surface area contributed by atoms with Crippen LogP contribution in [0.15, 0.2) is 67.1 Å². The molecule has 1 N–H and O–H groups in total. The van der Waals surface area contributed by atoms with Crippen LogP contribution < -0.4 is 4.90 Å². The summed E-state index contributed by atoms with van der Waals surface area (Å²) in [5, 5.41) is 13.9. The van der Waals surface area contributed by atoms with Gasteiger partial charge in [0.1, 0.15) is 11.5 Å². The summed E-state index contributed by atoms with van der Waals surface area (Å²) >= 11 is 0. The number of nitrogens with zero attached hydrogens (tertiary/aromatic N) is 6. The van der Waals surface area contributed by atoms with Crippen LogP contribution in [0.4, 0.5) is 10.2 Å². The molecule has 1 aliphatic heterocycles. The van der Waals surface area contributed by atoms with E-state index in [9.17, 15) is 9.50 Å². The van der Waals surface area contributed by atoms with Crippen LogP contribution in [0.2, 0.25) is 0 Å². The van der Waals surface area contributed by atoms with E-state index >= 15 is 0 Å². The van der Waals surface area contributed by atoms with Crippen LogP contribution in [0.25, 0.3) is 16.9 Å². The van der Waals surface area contributed by atoms with Crippen molar-refractivity contribution >= 4 is 5.82 Å². The van der Waals surface area contributed by atoms with E-state index in [2.05, 4.69) is 50.1 Å². The highest BCUT2D eigenvalue weighted by atomic mass is 19.1. The zero-order chi connectivity index (χ0) is 23.5. The summed E-state index contributed by atoms with van der Waals surface area (Å²) < 4.78 is 16.2. The van der Waals surface area contributed by atoms with Crippen molar-refractivity contribution in [3.05, 3.63) is 89.8 Å². The molecule has 0 saturated carbocycles. The van der Waals surface area contributed by atoms with Crippen molar-refractivity contribution in [3.63, 3.8) is 0 Å². The molecule has 0 unspecified atom stereocenters. The zero-order valence-corrected chi connectivity index (χ0v) is 19.1. The van der Waals surface area contributed by atoms with Gasteiger partial charge in [0.05, 0.1) is 18.0 Å². The lowest BCUT2D eigenvalue weighted by Gasteiger charge is -2.35. The SMILES string of the molecule is Cc1nn(-c2ccccc2)cc1CN1CCN(c2nccnc2-c2ccc(CO)c(F)c2)CC1. The van der Waals surface area contributed by atoms with Gasteiger partial charge in [0.25, 0.3) is 0 Å². The minimum Gasteiger partial charge on any atom is -0.392 e. The first kappa shape index (κ1) is 22.2. The lowest BCUT2D eigenvalue weighted by molar-refractivity contribution is 0.249. The van der Waals surface area contributed by atoms with E-state index in [1.54, 1.807) is 24.5 Å². The number of hydrogen-bond donors (Lipinski definition) is 1. The molecule has 1 aliphatic rings. The summed E-state index contributed by atoms with van der Waals surface area (Å²) in [6.45, 7) is 5.92. The Bertz CT molecular complexity index is 1270. The molecule has 0 aliphatic carbocycles. The summed E-state index contributed by atoms with van der Waals surface area (Å²) in [6.07, 6.45) is 5.41. The fourth-order valence-electron chi connectivity index (χ4n) is 4.31. The highest BCUT2D eigenvalue weighted by Gasteiger charge is 2.23. The first-order chi connectivity index (χ1) is 16.6. The van der Waals surface area contributed by atoms with Crippen molar-refractivity contribution in [1.82, 2.24) is 24.6 Å². The average Bonchev–Trinajstić information content (AvgIpc) is 3.25. The number of anilines is 1. The Morgan fingerprint density at radius 3 is 2.44 bits per heavy atom. The highest BCUT2D eigenvalue weighted by Crippen LogP contribution is 2.29. The van der Waals surface area contributed by atoms with Gasteiger partial charge in [-0.3, -0.25) is 9.88 Å². The Balaban J connectivity index is 1.28. The zero-order valence-electron chi connectivity index (χ0n) is 19.1. The van der Waals surface area contributed by atoms with Gasteiger partial charge in [-0.05, 0) is 25.1 Å². The molecule has 0 atom stereocenters. The molecular weight excluding hydrogens is 431 g/mol. The molecule has 0 amide bonds. The maximum absolute atomic E-state index is 14.3. The Morgan fingerprint density at radius 2 is 1.71 bits per heavy atom. The van der Waals surface area contributed by atoms with E-state index in [1.807, 2.05) is 22.9 Å². The molecule has 7 nitrogen and oxygen atoms in total. The van der Waals surface area contributed by atoms with Crippen LogP contribution in [-0.2, 0) is 13.2 Å². The van der Waals surface area contributed by atoms with Gasteiger partial charge >= 0.3 is 0 Å². The van der Waals surface area contributed by atoms with Crippen molar-refractivity contribution in [3.8, 4) is 16.9 Å². The van der Waals surface area contributed by atoms with Gasteiger partial charge in [-0.25, -0.2) is 14.1 Å². The molecule has 4 aromatic rings. The van der Waals surface area contributed by atoms with Crippen molar-refractivity contribution in [2.45, 2.75) is 20.1 Å². The molecule has 0 spiro atoms. The number of para-hydroxylation sites is 1. The first-order valence-electron chi connectivity index (χ1n) is 11.4. The smallest absolute Gasteiger partial charge is 0.155 e. The number of aromatic nitrogens is 4. The number of hydrogen-bond acceptors (Lipinski definition) is 6. The summed E-state index contributed by atoms with van der Waals surface area (Å²) in [5.41, 5.74) is 4.89. The van der Waals surface area contributed by atoms with Gasteiger partial charge in [0.2, 0.25) is 0 Å². The van der Waals surface area contributed by atoms with Gasteiger partial charge in [-0.1, -0.05) is 30.3 Å². The number of piperazine rings is 1. The molecule has 8 heteroatoms. The van der Waals surface area contributed by atoms with Crippen molar-refractivity contribution < 1.29 is 9.50 Å². The predicted octanol–water partition coefficient (Wildman–Crippen LogP) is 3.59. The quantitative estimate of drug-likeness (QED) is 0.476. The van der Waals surface area contributed by atoms with E-state index in [0.29, 0.717) is 11.3 Å². The Kier molecular flexibility index (Phi) is 6.33. The van der Waals surface area contributed by atoms with E-state index in [0.717, 1.165) is 49.9 Å². The van der Waals surface area contributed by atoms with E-state index in [1.165, 1.54) is 11.6 Å². The molecule has 174 valence electrons. The lowest BCUT2D eigenvalue weighted by atomic mass is 10.1. The summed E-state index contributed by atoms with van der Waals surface area (Å²) in [7, 11) is 0. The lowest BCUT2D eigenvalue weighted by Crippen LogP contribution is -2.46. The molecule has 5 rings (SSSR count).